The molecule has 0 aromatic heterocycles. The Labute approximate surface area is 75.2 Å². The lowest BCUT2D eigenvalue weighted by Crippen LogP contribution is -1.85. The third-order valence-electron chi connectivity index (χ3n) is 1.42. The van der Waals surface area contributed by atoms with Gasteiger partial charge in [-0.15, -0.1) is 0 Å². The lowest BCUT2D eigenvalue weighted by molar-refractivity contribution is 0.112. The average Bonchev–Trinajstić information content (AvgIpc) is 2.16. The molecule has 0 aliphatic rings. The number of hydrogen-bond donors (Lipinski definition) is 1. The van der Waals surface area contributed by atoms with E-state index in [2.05, 4.69) is 11.8 Å². The number of rotatable bonds is 1. The van der Waals surface area contributed by atoms with Gasteiger partial charge in [0, 0.05) is 17.0 Å². The molecular formula is C10H5NO2. The van der Waals surface area contributed by atoms with Gasteiger partial charge in [0.25, 0.3) is 0 Å². The maximum atomic E-state index is 10.5. The van der Waals surface area contributed by atoms with E-state index in [-0.39, 0.29) is 11.3 Å². The minimum absolute atomic E-state index is 0.00427. The zero-order valence-corrected chi connectivity index (χ0v) is 6.61. The van der Waals surface area contributed by atoms with Gasteiger partial charge in [-0.25, -0.2) is 0 Å². The van der Waals surface area contributed by atoms with Gasteiger partial charge in [0.1, 0.15) is 5.75 Å². The van der Waals surface area contributed by atoms with Crippen molar-refractivity contribution in [3.05, 3.63) is 29.3 Å². The van der Waals surface area contributed by atoms with Gasteiger partial charge in [-0.3, -0.25) is 4.79 Å². The number of nitrogens with zero attached hydrogens (tertiary/aromatic N) is 1. The van der Waals surface area contributed by atoms with Crippen LogP contribution in [0.3, 0.4) is 0 Å². The molecule has 62 valence electrons. The monoisotopic (exact) mass is 171 g/mol. The number of benzene rings is 1. The maximum absolute atomic E-state index is 10.5. The second-order valence-corrected chi connectivity index (χ2v) is 2.25. The van der Waals surface area contributed by atoms with Crippen LogP contribution in [0.15, 0.2) is 18.2 Å². The fourth-order valence-electron chi connectivity index (χ4n) is 0.857. The Hall–Kier alpha value is -2.26. The molecule has 1 rings (SSSR count). The van der Waals surface area contributed by atoms with Gasteiger partial charge in [-0.05, 0) is 24.1 Å². The van der Waals surface area contributed by atoms with E-state index in [1.165, 1.54) is 18.2 Å². The van der Waals surface area contributed by atoms with Crippen molar-refractivity contribution in [2.45, 2.75) is 0 Å². The van der Waals surface area contributed by atoms with Crippen LogP contribution in [0.2, 0.25) is 0 Å². The van der Waals surface area contributed by atoms with E-state index in [1.54, 1.807) is 6.07 Å². The summed E-state index contributed by atoms with van der Waals surface area (Å²) in [5, 5.41) is 17.2. The first kappa shape index (κ1) is 8.83. The first-order chi connectivity index (χ1) is 6.27. The van der Waals surface area contributed by atoms with Gasteiger partial charge < -0.3 is 5.11 Å². The van der Waals surface area contributed by atoms with Crippen LogP contribution >= 0.6 is 0 Å². The lowest BCUT2D eigenvalue weighted by atomic mass is 10.1. The van der Waals surface area contributed by atoms with Gasteiger partial charge in [-0.2, -0.15) is 5.26 Å². The topological polar surface area (TPSA) is 61.1 Å². The molecule has 0 bridgehead atoms. The van der Waals surface area contributed by atoms with Gasteiger partial charge in [0.2, 0.25) is 0 Å². The van der Waals surface area contributed by atoms with Crippen molar-refractivity contribution < 1.29 is 9.90 Å². The molecule has 1 aromatic carbocycles. The zero-order chi connectivity index (χ0) is 9.68. The quantitative estimate of drug-likeness (QED) is 0.508. The number of phenolic OH excluding ortho intramolecular Hbond substituents is 1. The summed E-state index contributed by atoms with van der Waals surface area (Å²) in [6.07, 6.45) is 0.584. The second kappa shape index (κ2) is 3.94. The molecule has 3 heteroatoms. The highest BCUT2D eigenvalue weighted by molar-refractivity contribution is 5.80. The number of phenols is 1. The van der Waals surface area contributed by atoms with Gasteiger partial charge >= 0.3 is 0 Å². The summed E-state index contributed by atoms with van der Waals surface area (Å²) in [5.41, 5.74) is 0.720. The first-order valence-corrected chi connectivity index (χ1v) is 3.46. The molecule has 0 unspecified atom stereocenters. The van der Waals surface area contributed by atoms with Crippen LogP contribution in [0.5, 0.6) is 5.75 Å². The van der Waals surface area contributed by atoms with Crippen LogP contribution in [0.1, 0.15) is 15.9 Å². The fraction of sp³-hybridized carbons (Fsp3) is 0. The Morgan fingerprint density at radius 3 is 2.85 bits per heavy atom. The number of aromatic hydroxyl groups is 1. The molecule has 0 saturated carbocycles. The molecule has 0 aliphatic heterocycles. The van der Waals surface area contributed by atoms with Crippen molar-refractivity contribution in [1.82, 2.24) is 0 Å². The van der Waals surface area contributed by atoms with Crippen molar-refractivity contribution in [2.75, 3.05) is 0 Å². The van der Waals surface area contributed by atoms with Crippen LogP contribution in [-0.2, 0) is 0 Å². The largest absolute Gasteiger partial charge is 0.508 e. The van der Waals surface area contributed by atoms with Crippen molar-refractivity contribution >= 4 is 6.29 Å². The second-order valence-electron chi connectivity index (χ2n) is 2.25. The summed E-state index contributed by atoms with van der Waals surface area (Å²) in [4.78, 5) is 10.5. The van der Waals surface area contributed by atoms with E-state index in [9.17, 15) is 4.79 Å². The highest BCUT2D eigenvalue weighted by Gasteiger charge is 1.99. The standard InChI is InChI=1S/C10H5NO2/c11-5-1-2-8-3-4-10(13)6-9(8)7-12/h3-4,6-7,13H. The molecule has 0 spiro atoms. The van der Waals surface area contributed by atoms with Crippen LogP contribution in [0.25, 0.3) is 0 Å². The van der Waals surface area contributed by atoms with E-state index < -0.39 is 0 Å². The van der Waals surface area contributed by atoms with Crippen molar-refractivity contribution in [1.29, 1.82) is 5.26 Å². The van der Waals surface area contributed by atoms with Gasteiger partial charge in [0.15, 0.2) is 12.4 Å². The molecule has 0 aliphatic carbocycles. The van der Waals surface area contributed by atoms with E-state index in [4.69, 9.17) is 10.4 Å². The summed E-state index contributed by atoms with van der Waals surface area (Å²) in [6, 6.07) is 5.84. The number of aldehydes is 1. The Kier molecular flexibility index (Phi) is 2.68. The summed E-state index contributed by atoms with van der Waals surface area (Å²) in [5.74, 6) is 4.67. The third kappa shape index (κ3) is 2.08. The summed E-state index contributed by atoms with van der Waals surface area (Å²) < 4.78 is 0. The predicted molar refractivity (Wildman–Crippen MR) is 46.0 cm³/mol. The normalized spacial score (nSPS) is 7.92. The molecule has 0 radical (unpaired) electrons. The number of hydrogen-bond acceptors (Lipinski definition) is 3. The minimum atomic E-state index is 0.00427. The Balaban J connectivity index is 3.23. The first-order valence-electron chi connectivity index (χ1n) is 3.46. The average molecular weight is 171 g/mol. The Morgan fingerprint density at radius 2 is 2.23 bits per heavy atom. The van der Waals surface area contributed by atoms with E-state index in [0.29, 0.717) is 11.8 Å². The van der Waals surface area contributed by atoms with Crippen LogP contribution in [0.4, 0.5) is 0 Å². The summed E-state index contributed by atoms with van der Waals surface area (Å²) in [7, 11) is 0. The molecule has 0 amide bonds. The Bertz CT molecular complexity index is 432. The minimum Gasteiger partial charge on any atom is -0.508 e. The van der Waals surface area contributed by atoms with E-state index >= 15 is 0 Å². The molecule has 1 N–H and O–H groups in total. The molecule has 3 nitrogen and oxygen atoms in total. The molecule has 0 heterocycles. The molecule has 0 saturated heterocycles. The summed E-state index contributed by atoms with van der Waals surface area (Å²) in [6.45, 7) is 0. The molecule has 1 aromatic rings. The maximum Gasteiger partial charge on any atom is 0.152 e. The number of nitriles is 1. The van der Waals surface area contributed by atoms with Crippen LogP contribution in [-0.4, -0.2) is 11.4 Å². The van der Waals surface area contributed by atoms with Crippen LogP contribution in [0, 0.1) is 23.2 Å². The molecule has 13 heavy (non-hydrogen) atoms. The summed E-state index contributed by atoms with van der Waals surface area (Å²) >= 11 is 0. The zero-order valence-electron chi connectivity index (χ0n) is 6.61. The molecule has 0 atom stereocenters. The fourth-order valence-corrected chi connectivity index (χ4v) is 0.857. The predicted octanol–water partition coefficient (Wildman–Crippen LogP) is 1.08. The lowest BCUT2D eigenvalue weighted by Gasteiger charge is -1.96. The highest BCUT2D eigenvalue weighted by atomic mass is 16.3. The number of carbonyl (C=O) groups is 1. The SMILES string of the molecule is N#CC#Cc1ccc(O)cc1C=O. The highest BCUT2D eigenvalue weighted by Crippen LogP contribution is 2.13. The number of carbonyl (C=O) groups excluding carboxylic acids is 1. The smallest absolute Gasteiger partial charge is 0.152 e. The van der Waals surface area contributed by atoms with E-state index in [1.807, 2.05) is 0 Å². The van der Waals surface area contributed by atoms with Crippen LogP contribution < -0.4 is 0 Å². The van der Waals surface area contributed by atoms with Crippen molar-refractivity contribution in [2.24, 2.45) is 0 Å². The van der Waals surface area contributed by atoms with Gasteiger partial charge in [-0.1, -0.05) is 0 Å². The van der Waals surface area contributed by atoms with Gasteiger partial charge in [0.05, 0.1) is 0 Å². The van der Waals surface area contributed by atoms with Crippen molar-refractivity contribution in [3.8, 4) is 23.7 Å². The Morgan fingerprint density at radius 1 is 1.46 bits per heavy atom. The van der Waals surface area contributed by atoms with Crippen molar-refractivity contribution in [3.63, 3.8) is 0 Å². The van der Waals surface area contributed by atoms with E-state index in [0.717, 1.165) is 0 Å². The molecular weight excluding hydrogens is 166 g/mol. The molecule has 0 fully saturated rings. The third-order valence-corrected chi connectivity index (χ3v) is 1.42.